The maximum atomic E-state index is 10.1. The monoisotopic (exact) mass is 235 g/mol. The summed E-state index contributed by atoms with van der Waals surface area (Å²) in [7, 11) is 0. The third-order valence-electron chi connectivity index (χ3n) is 2.48. The Morgan fingerprint density at radius 3 is 2.53 bits per heavy atom. The van der Waals surface area contributed by atoms with Crippen LogP contribution >= 0.6 is 0 Å². The number of para-hydroxylation sites is 1. The Morgan fingerprint density at radius 2 is 2.00 bits per heavy atom. The standard InChI is InChI=1S/C14H21NO2/c1-10(16)8-15-9-11-6-5-7-12(13(11)17)14(2,3)4/h5-7,9-10,16-17H,8H2,1-4H3. The van der Waals surface area contributed by atoms with Crippen LogP contribution < -0.4 is 0 Å². The number of aliphatic hydroxyl groups excluding tert-OH is 1. The first kappa shape index (κ1) is 13.7. The first-order valence-corrected chi connectivity index (χ1v) is 5.82. The number of hydrogen-bond donors (Lipinski definition) is 2. The highest BCUT2D eigenvalue weighted by Crippen LogP contribution is 2.32. The molecule has 0 aliphatic heterocycles. The zero-order valence-corrected chi connectivity index (χ0v) is 10.9. The highest BCUT2D eigenvalue weighted by molar-refractivity contribution is 5.84. The van der Waals surface area contributed by atoms with Crippen molar-refractivity contribution in [2.75, 3.05) is 6.54 Å². The third-order valence-corrected chi connectivity index (χ3v) is 2.48. The van der Waals surface area contributed by atoms with Crippen molar-refractivity contribution >= 4 is 6.21 Å². The summed E-state index contributed by atoms with van der Waals surface area (Å²) >= 11 is 0. The fraction of sp³-hybridized carbons (Fsp3) is 0.500. The number of phenols is 1. The molecule has 0 saturated heterocycles. The molecule has 1 aromatic rings. The Labute approximate surface area is 103 Å². The van der Waals surface area contributed by atoms with Gasteiger partial charge in [0.25, 0.3) is 0 Å². The minimum atomic E-state index is -0.459. The molecule has 0 saturated carbocycles. The minimum absolute atomic E-state index is 0.0990. The van der Waals surface area contributed by atoms with Gasteiger partial charge >= 0.3 is 0 Å². The lowest BCUT2D eigenvalue weighted by atomic mass is 9.85. The SMILES string of the molecule is CC(O)CN=Cc1cccc(C(C)(C)C)c1O. The van der Waals surface area contributed by atoms with E-state index in [0.29, 0.717) is 12.1 Å². The third kappa shape index (κ3) is 3.86. The van der Waals surface area contributed by atoms with E-state index in [0.717, 1.165) is 5.56 Å². The van der Waals surface area contributed by atoms with Crippen molar-refractivity contribution in [2.24, 2.45) is 4.99 Å². The molecule has 1 unspecified atom stereocenters. The van der Waals surface area contributed by atoms with Gasteiger partial charge < -0.3 is 10.2 Å². The molecule has 0 heterocycles. The van der Waals surface area contributed by atoms with Gasteiger partial charge in [-0.1, -0.05) is 32.9 Å². The van der Waals surface area contributed by atoms with Gasteiger partial charge in [-0.25, -0.2) is 0 Å². The molecule has 3 heteroatoms. The number of aliphatic imine (C=N–C) groups is 1. The summed E-state index contributed by atoms with van der Waals surface area (Å²) in [5.74, 6) is 0.273. The lowest BCUT2D eigenvalue weighted by Gasteiger charge is -2.21. The topological polar surface area (TPSA) is 52.8 Å². The molecule has 0 amide bonds. The van der Waals surface area contributed by atoms with Gasteiger partial charge in [-0.3, -0.25) is 4.99 Å². The van der Waals surface area contributed by atoms with E-state index in [9.17, 15) is 5.11 Å². The second kappa shape index (κ2) is 5.32. The van der Waals surface area contributed by atoms with E-state index in [4.69, 9.17) is 5.11 Å². The molecule has 94 valence electrons. The Hall–Kier alpha value is -1.35. The molecule has 0 radical (unpaired) electrons. The van der Waals surface area contributed by atoms with Crippen LogP contribution in [0.25, 0.3) is 0 Å². The van der Waals surface area contributed by atoms with Crippen LogP contribution in [0.15, 0.2) is 23.2 Å². The van der Waals surface area contributed by atoms with Gasteiger partial charge in [0.15, 0.2) is 0 Å². The molecule has 1 atom stereocenters. The second-order valence-corrected chi connectivity index (χ2v) is 5.34. The van der Waals surface area contributed by atoms with Gasteiger partial charge in [0.2, 0.25) is 0 Å². The number of aliphatic hydroxyl groups is 1. The molecular formula is C14H21NO2. The van der Waals surface area contributed by atoms with Crippen LogP contribution in [-0.4, -0.2) is 29.1 Å². The lowest BCUT2D eigenvalue weighted by molar-refractivity contribution is 0.204. The predicted molar refractivity (Wildman–Crippen MR) is 70.9 cm³/mol. The Bertz CT molecular complexity index is 403. The lowest BCUT2D eigenvalue weighted by Crippen LogP contribution is -2.12. The average Bonchev–Trinajstić information content (AvgIpc) is 2.18. The van der Waals surface area contributed by atoms with Gasteiger partial charge in [-0.15, -0.1) is 0 Å². The van der Waals surface area contributed by atoms with Crippen molar-refractivity contribution in [3.63, 3.8) is 0 Å². The number of phenolic OH excluding ortho intramolecular Hbond substituents is 1. The number of rotatable bonds is 3. The number of aromatic hydroxyl groups is 1. The van der Waals surface area contributed by atoms with Crippen LogP contribution in [0.5, 0.6) is 5.75 Å². The van der Waals surface area contributed by atoms with Gasteiger partial charge in [0, 0.05) is 11.8 Å². The van der Waals surface area contributed by atoms with Gasteiger partial charge in [0.1, 0.15) is 5.75 Å². The first-order valence-electron chi connectivity index (χ1n) is 5.82. The largest absolute Gasteiger partial charge is 0.507 e. The van der Waals surface area contributed by atoms with Crippen LogP contribution in [0.2, 0.25) is 0 Å². The highest BCUT2D eigenvalue weighted by Gasteiger charge is 2.18. The Kier molecular flexibility index (Phi) is 4.29. The van der Waals surface area contributed by atoms with E-state index in [1.807, 2.05) is 18.2 Å². The molecule has 0 aliphatic rings. The molecule has 0 spiro atoms. The van der Waals surface area contributed by atoms with Crippen molar-refractivity contribution in [3.05, 3.63) is 29.3 Å². The zero-order chi connectivity index (χ0) is 13.1. The van der Waals surface area contributed by atoms with E-state index >= 15 is 0 Å². The fourth-order valence-electron chi connectivity index (χ4n) is 1.57. The van der Waals surface area contributed by atoms with Crippen LogP contribution in [0.4, 0.5) is 0 Å². The summed E-state index contributed by atoms with van der Waals surface area (Å²) in [6.07, 6.45) is 1.15. The summed E-state index contributed by atoms with van der Waals surface area (Å²) in [6, 6.07) is 5.64. The van der Waals surface area contributed by atoms with Crippen molar-refractivity contribution in [3.8, 4) is 5.75 Å². The number of benzene rings is 1. The molecule has 0 fully saturated rings. The van der Waals surface area contributed by atoms with E-state index in [-0.39, 0.29) is 11.2 Å². The van der Waals surface area contributed by atoms with E-state index < -0.39 is 6.10 Å². The molecular weight excluding hydrogens is 214 g/mol. The average molecular weight is 235 g/mol. The maximum Gasteiger partial charge on any atom is 0.128 e. The summed E-state index contributed by atoms with van der Waals surface area (Å²) < 4.78 is 0. The minimum Gasteiger partial charge on any atom is -0.507 e. The van der Waals surface area contributed by atoms with Crippen LogP contribution in [0.1, 0.15) is 38.8 Å². The van der Waals surface area contributed by atoms with Crippen molar-refractivity contribution in [1.82, 2.24) is 0 Å². The normalized spacial score (nSPS) is 14.2. The predicted octanol–water partition coefficient (Wildman–Crippen LogP) is 2.49. The molecule has 1 aromatic carbocycles. The van der Waals surface area contributed by atoms with Crippen LogP contribution in [-0.2, 0) is 5.41 Å². The fourth-order valence-corrected chi connectivity index (χ4v) is 1.57. The molecule has 0 bridgehead atoms. The van der Waals surface area contributed by atoms with Crippen molar-refractivity contribution < 1.29 is 10.2 Å². The summed E-state index contributed by atoms with van der Waals surface area (Å²) in [6.45, 7) is 8.19. The molecule has 0 aromatic heterocycles. The van der Waals surface area contributed by atoms with Crippen LogP contribution in [0, 0.1) is 0 Å². The van der Waals surface area contributed by atoms with Crippen molar-refractivity contribution in [2.45, 2.75) is 39.2 Å². The summed E-state index contributed by atoms with van der Waals surface area (Å²) in [5, 5.41) is 19.2. The second-order valence-electron chi connectivity index (χ2n) is 5.34. The zero-order valence-electron chi connectivity index (χ0n) is 10.9. The quantitative estimate of drug-likeness (QED) is 0.791. The first-order chi connectivity index (χ1) is 7.82. The summed E-state index contributed by atoms with van der Waals surface area (Å²) in [5.41, 5.74) is 1.50. The van der Waals surface area contributed by atoms with Crippen molar-refractivity contribution in [1.29, 1.82) is 0 Å². The Morgan fingerprint density at radius 1 is 1.35 bits per heavy atom. The van der Waals surface area contributed by atoms with E-state index in [1.54, 1.807) is 13.1 Å². The molecule has 17 heavy (non-hydrogen) atoms. The van der Waals surface area contributed by atoms with Crippen LogP contribution in [0.3, 0.4) is 0 Å². The molecule has 2 N–H and O–H groups in total. The smallest absolute Gasteiger partial charge is 0.128 e. The molecule has 3 nitrogen and oxygen atoms in total. The molecule has 1 rings (SSSR count). The van der Waals surface area contributed by atoms with E-state index in [1.165, 1.54) is 0 Å². The van der Waals surface area contributed by atoms with Gasteiger partial charge in [-0.05, 0) is 24.0 Å². The van der Waals surface area contributed by atoms with Gasteiger partial charge in [0.05, 0.1) is 12.6 Å². The number of nitrogens with zero attached hydrogens (tertiary/aromatic N) is 1. The number of hydrogen-bond acceptors (Lipinski definition) is 3. The molecule has 0 aliphatic carbocycles. The maximum absolute atomic E-state index is 10.1. The summed E-state index contributed by atoms with van der Waals surface area (Å²) in [4.78, 5) is 4.09. The van der Waals surface area contributed by atoms with Gasteiger partial charge in [-0.2, -0.15) is 0 Å². The highest BCUT2D eigenvalue weighted by atomic mass is 16.3. The Balaban J connectivity index is 2.99. The van der Waals surface area contributed by atoms with E-state index in [2.05, 4.69) is 25.8 Å².